The second kappa shape index (κ2) is 5.97. The smallest absolute Gasteiger partial charge is 0.187 e. The minimum absolute atomic E-state index is 0.00707. The lowest BCUT2D eigenvalue weighted by Crippen LogP contribution is -2.06. The van der Waals surface area contributed by atoms with Crippen molar-refractivity contribution in [3.05, 3.63) is 57.9 Å². The number of aromatic nitrogens is 4. The Morgan fingerprint density at radius 3 is 2.72 bits per heavy atom. The standard InChI is InChI=1S/C19H18N4OS/c1-10-4-5-17(25-10)15-8-14-6-13(9-20-19(14)21-15)7-16(24)18-11(2)12(3)22-23-18/h4-6,8-9H,7H2,1-3H3,(H,20,21)(H,22,23). The van der Waals surface area contributed by atoms with Gasteiger partial charge in [-0.25, -0.2) is 4.98 Å². The van der Waals surface area contributed by atoms with E-state index in [1.165, 1.54) is 9.75 Å². The molecule has 0 saturated heterocycles. The van der Waals surface area contributed by atoms with Crippen molar-refractivity contribution in [2.75, 3.05) is 0 Å². The zero-order valence-electron chi connectivity index (χ0n) is 14.3. The lowest BCUT2D eigenvalue weighted by atomic mass is 10.1. The van der Waals surface area contributed by atoms with E-state index in [2.05, 4.69) is 45.3 Å². The molecule has 0 saturated carbocycles. The van der Waals surface area contributed by atoms with Crippen molar-refractivity contribution in [2.24, 2.45) is 0 Å². The molecule has 0 amide bonds. The number of fused-ring (bicyclic) bond motifs is 1. The number of hydrogen-bond donors (Lipinski definition) is 2. The maximum atomic E-state index is 12.5. The first-order valence-corrected chi connectivity index (χ1v) is 8.92. The van der Waals surface area contributed by atoms with Gasteiger partial charge in [0.15, 0.2) is 5.78 Å². The van der Waals surface area contributed by atoms with Crippen molar-refractivity contribution in [1.29, 1.82) is 0 Å². The molecule has 0 aromatic carbocycles. The first-order chi connectivity index (χ1) is 12.0. The molecule has 6 heteroatoms. The van der Waals surface area contributed by atoms with Crippen molar-refractivity contribution in [1.82, 2.24) is 20.2 Å². The highest BCUT2D eigenvalue weighted by atomic mass is 32.1. The van der Waals surface area contributed by atoms with Crippen LogP contribution >= 0.6 is 11.3 Å². The lowest BCUT2D eigenvalue weighted by Gasteiger charge is -2.00. The summed E-state index contributed by atoms with van der Waals surface area (Å²) in [4.78, 5) is 22.8. The minimum Gasteiger partial charge on any atom is -0.339 e. The van der Waals surface area contributed by atoms with Gasteiger partial charge in [0.25, 0.3) is 0 Å². The molecule has 0 radical (unpaired) electrons. The van der Waals surface area contributed by atoms with Crippen LogP contribution in [0.25, 0.3) is 21.6 Å². The zero-order valence-corrected chi connectivity index (χ0v) is 15.1. The topological polar surface area (TPSA) is 74.4 Å². The SMILES string of the molecule is Cc1ccc(-c2cc3cc(CC(=O)c4n[nH]c(C)c4C)cnc3[nH]2)s1. The van der Waals surface area contributed by atoms with E-state index < -0.39 is 0 Å². The average molecular weight is 350 g/mol. The third-order valence-corrected chi connectivity index (χ3v) is 5.45. The Bertz CT molecular complexity index is 1090. The molecule has 0 spiro atoms. The van der Waals surface area contributed by atoms with Gasteiger partial charge in [-0.2, -0.15) is 5.10 Å². The molecule has 0 aliphatic heterocycles. The van der Waals surface area contributed by atoms with E-state index in [-0.39, 0.29) is 5.78 Å². The average Bonchev–Trinajstić information content (AvgIpc) is 3.27. The molecule has 0 aliphatic carbocycles. The van der Waals surface area contributed by atoms with Crippen LogP contribution < -0.4 is 0 Å². The van der Waals surface area contributed by atoms with Crippen LogP contribution in [0.2, 0.25) is 0 Å². The predicted molar refractivity (Wildman–Crippen MR) is 100 cm³/mol. The Balaban J connectivity index is 1.63. The van der Waals surface area contributed by atoms with Gasteiger partial charge in [0.05, 0.1) is 10.6 Å². The van der Waals surface area contributed by atoms with Crippen LogP contribution in [0, 0.1) is 20.8 Å². The van der Waals surface area contributed by atoms with Crippen molar-refractivity contribution in [2.45, 2.75) is 27.2 Å². The number of thiophene rings is 1. The highest BCUT2D eigenvalue weighted by Gasteiger charge is 2.16. The van der Waals surface area contributed by atoms with Crippen molar-refractivity contribution in [3.63, 3.8) is 0 Å². The summed E-state index contributed by atoms with van der Waals surface area (Å²) < 4.78 is 0. The maximum absolute atomic E-state index is 12.5. The van der Waals surface area contributed by atoms with Crippen molar-refractivity contribution >= 4 is 28.2 Å². The number of aromatic amines is 2. The van der Waals surface area contributed by atoms with Gasteiger partial charge in [-0.1, -0.05) is 0 Å². The first-order valence-electron chi connectivity index (χ1n) is 8.10. The highest BCUT2D eigenvalue weighted by molar-refractivity contribution is 7.15. The largest absolute Gasteiger partial charge is 0.339 e. The zero-order chi connectivity index (χ0) is 17.6. The minimum atomic E-state index is 0.00707. The molecular weight excluding hydrogens is 332 g/mol. The van der Waals surface area contributed by atoms with E-state index in [1.807, 2.05) is 19.9 Å². The number of H-pyrrole nitrogens is 2. The lowest BCUT2D eigenvalue weighted by molar-refractivity contribution is 0.0987. The van der Waals surface area contributed by atoms with E-state index in [4.69, 9.17) is 0 Å². The molecule has 4 aromatic heterocycles. The number of Topliss-reactive ketones (excluding diaryl/α,β-unsaturated/α-hetero) is 1. The summed E-state index contributed by atoms with van der Waals surface area (Å²) in [6.45, 7) is 5.92. The van der Waals surface area contributed by atoms with E-state index in [0.717, 1.165) is 33.5 Å². The van der Waals surface area contributed by atoms with E-state index in [0.29, 0.717) is 12.1 Å². The molecule has 0 aliphatic rings. The van der Waals surface area contributed by atoms with Crippen molar-refractivity contribution in [3.8, 4) is 10.6 Å². The quantitative estimate of drug-likeness (QED) is 0.537. The summed E-state index contributed by atoms with van der Waals surface area (Å²) in [6, 6.07) is 8.33. The van der Waals surface area contributed by atoms with Crippen LogP contribution in [0.15, 0.2) is 30.5 Å². The number of ketones is 1. The number of aryl methyl sites for hydroxylation is 2. The maximum Gasteiger partial charge on any atom is 0.187 e. The van der Waals surface area contributed by atoms with Crippen LogP contribution in [0.4, 0.5) is 0 Å². The molecule has 2 N–H and O–H groups in total. The molecule has 4 rings (SSSR count). The molecular formula is C19H18N4OS. The molecule has 0 fully saturated rings. The molecule has 25 heavy (non-hydrogen) atoms. The molecule has 4 aromatic rings. The van der Waals surface area contributed by atoms with Gasteiger partial charge in [0, 0.05) is 34.1 Å². The number of pyridine rings is 1. The van der Waals surface area contributed by atoms with Crippen LogP contribution in [0.3, 0.4) is 0 Å². The summed E-state index contributed by atoms with van der Waals surface area (Å²) in [5, 5.41) is 8.00. The molecule has 0 unspecified atom stereocenters. The molecule has 0 atom stereocenters. The Morgan fingerprint density at radius 1 is 1.20 bits per heavy atom. The highest BCUT2D eigenvalue weighted by Crippen LogP contribution is 2.29. The van der Waals surface area contributed by atoms with Crippen LogP contribution in [-0.4, -0.2) is 25.9 Å². The summed E-state index contributed by atoms with van der Waals surface area (Å²) in [5.74, 6) is 0.00707. The summed E-state index contributed by atoms with van der Waals surface area (Å²) in [7, 11) is 0. The van der Waals surface area contributed by atoms with Gasteiger partial charge in [0.2, 0.25) is 0 Å². The Hall–Kier alpha value is -2.73. The number of nitrogens with one attached hydrogen (secondary N) is 2. The van der Waals surface area contributed by atoms with Crippen LogP contribution in [0.5, 0.6) is 0 Å². The van der Waals surface area contributed by atoms with Gasteiger partial charge < -0.3 is 4.98 Å². The predicted octanol–water partition coefficient (Wildman–Crippen LogP) is 4.37. The third-order valence-electron chi connectivity index (χ3n) is 4.41. The number of carbonyl (C=O) groups excluding carboxylic acids is 1. The number of hydrogen-bond acceptors (Lipinski definition) is 4. The number of carbonyl (C=O) groups is 1. The Kier molecular flexibility index (Phi) is 3.77. The number of nitrogens with zero attached hydrogens (tertiary/aromatic N) is 2. The van der Waals surface area contributed by atoms with E-state index >= 15 is 0 Å². The van der Waals surface area contributed by atoms with Gasteiger partial charge in [0.1, 0.15) is 11.3 Å². The van der Waals surface area contributed by atoms with E-state index in [9.17, 15) is 4.79 Å². The summed E-state index contributed by atoms with van der Waals surface area (Å²) in [6.07, 6.45) is 2.06. The second-order valence-electron chi connectivity index (χ2n) is 6.30. The second-order valence-corrected chi connectivity index (χ2v) is 7.58. The Morgan fingerprint density at radius 2 is 2.04 bits per heavy atom. The fourth-order valence-corrected chi connectivity index (χ4v) is 3.73. The fraction of sp³-hybridized carbons (Fsp3) is 0.211. The number of rotatable bonds is 4. The molecule has 4 heterocycles. The van der Waals surface area contributed by atoms with Gasteiger partial charge >= 0.3 is 0 Å². The van der Waals surface area contributed by atoms with Crippen LogP contribution in [0.1, 0.15) is 32.2 Å². The van der Waals surface area contributed by atoms with E-state index in [1.54, 1.807) is 17.5 Å². The van der Waals surface area contributed by atoms with Gasteiger partial charge in [-0.3, -0.25) is 9.89 Å². The molecule has 0 bridgehead atoms. The Labute approximate surface area is 149 Å². The third kappa shape index (κ3) is 2.89. The monoisotopic (exact) mass is 350 g/mol. The normalized spacial score (nSPS) is 11.3. The molecule has 126 valence electrons. The summed E-state index contributed by atoms with van der Waals surface area (Å²) in [5.41, 5.74) is 5.15. The fourth-order valence-electron chi connectivity index (χ4n) is 2.90. The van der Waals surface area contributed by atoms with Crippen LogP contribution in [-0.2, 0) is 6.42 Å². The van der Waals surface area contributed by atoms with Gasteiger partial charge in [-0.15, -0.1) is 11.3 Å². The van der Waals surface area contributed by atoms with Gasteiger partial charge in [-0.05, 0) is 50.6 Å². The first kappa shape index (κ1) is 15.8. The summed E-state index contributed by atoms with van der Waals surface area (Å²) >= 11 is 1.75. The molecule has 5 nitrogen and oxygen atoms in total. The van der Waals surface area contributed by atoms with Crippen molar-refractivity contribution < 1.29 is 4.79 Å².